The Labute approximate surface area is 188 Å². The largest absolute Gasteiger partial charge is 0.322 e. The van der Waals surface area contributed by atoms with Gasteiger partial charge < -0.3 is 10.2 Å². The smallest absolute Gasteiger partial charge is 0.247 e. The third-order valence-corrected chi connectivity index (χ3v) is 5.20. The summed E-state index contributed by atoms with van der Waals surface area (Å²) in [5.74, 6) is 0.583. The third-order valence-electron chi connectivity index (χ3n) is 5.20. The van der Waals surface area contributed by atoms with Gasteiger partial charge in [-0.05, 0) is 42.3 Å². The van der Waals surface area contributed by atoms with Crippen molar-refractivity contribution < 1.29 is 4.79 Å². The highest BCUT2D eigenvalue weighted by molar-refractivity contribution is 5.99. The first-order valence-electron chi connectivity index (χ1n) is 10.6. The highest BCUT2D eigenvalue weighted by atomic mass is 16.1. The molecule has 160 valence electrons. The van der Waals surface area contributed by atoms with E-state index in [1.807, 2.05) is 42.5 Å². The maximum absolute atomic E-state index is 11.8. The molecule has 3 aromatic carbocycles. The van der Waals surface area contributed by atoms with Crippen molar-refractivity contribution in [3.8, 4) is 0 Å². The molecular weight excluding hydrogens is 396 g/mol. The number of nitrogens with zero attached hydrogens (tertiary/aromatic N) is 2. The summed E-state index contributed by atoms with van der Waals surface area (Å²) >= 11 is 0. The molecule has 0 unspecified atom stereocenters. The number of amides is 1. The van der Waals surface area contributed by atoms with E-state index in [1.165, 1.54) is 17.2 Å². The fraction of sp³-hybridized carbons (Fsp3) is 0.111. The number of aromatic nitrogens is 2. The minimum absolute atomic E-state index is 0.239. The van der Waals surface area contributed by atoms with Gasteiger partial charge in [-0.15, -0.1) is 0 Å². The predicted molar refractivity (Wildman–Crippen MR) is 130 cm³/mol. The van der Waals surface area contributed by atoms with Crippen molar-refractivity contribution in [2.45, 2.75) is 19.9 Å². The molecular formula is C27H26N4O. The van der Waals surface area contributed by atoms with Crippen LogP contribution in [0.25, 0.3) is 0 Å². The quantitative estimate of drug-likeness (QED) is 0.354. The van der Waals surface area contributed by atoms with Crippen molar-refractivity contribution in [2.75, 3.05) is 10.2 Å². The van der Waals surface area contributed by atoms with Crippen LogP contribution in [0.5, 0.6) is 0 Å². The zero-order valence-corrected chi connectivity index (χ0v) is 18.1. The van der Waals surface area contributed by atoms with Crippen LogP contribution in [-0.4, -0.2) is 16.1 Å². The summed E-state index contributed by atoms with van der Waals surface area (Å²) in [5.41, 5.74) is 6.32. The lowest BCUT2D eigenvalue weighted by Gasteiger charge is -2.23. The van der Waals surface area contributed by atoms with E-state index < -0.39 is 0 Å². The summed E-state index contributed by atoms with van der Waals surface area (Å²) in [6.45, 7) is 6.26. The number of benzene rings is 3. The molecule has 5 nitrogen and oxygen atoms in total. The SMILES string of the molecule is C=CC(=O)Nc1cccc(N(Cc2ccccc2)c2cc(Cc3ccc(C)cc3)[nH]n2)c1. The number of aromatic amines is 1. The van der Waals surface area contributed by atoms with E-state index >= 15 is 0 Å². The van der Waals surface area contributed by atoms with Crippen LogP contribution < -0.4 is 10.2 Å². The fourth-order valence-corrected chi connectivity index (χ4v) is 3.52. The Balaban J connectivity index is 1.64. The number of hydrogen-bond acceptors (Lipinski definition) is 3. The molecule has 0 aliphatic rings. The molecule has 0 radical (unpaired) electrons. The Morgan fingerprint density at radius 1 is 1.00 bits per heavy atom. The summed E-state index contributed by atoms with van der Waals surface area (Å²) in [5, 5.41) is 10.6. The van der Waals surface area contributed by atoms with Gasteiger partial charge in [0.2, 0.25) is 5.91 Å². The highest BCUT2D eigenvalue weighted by Crippen LogP contribution is 2.29. The van der Waals surface area contributed by atoms with E-state index in [0.717, 1.165) is 29.2 Å². The van der Waals surface area contributed by atoms with Crippen molar-refractivity contribution in [3.05, 3.63) is 120 Å². The van der Waals surface area contributed by atoms with E-state index in [1.54, 1.807) is 0 Å². The van der Waals surface area contributed by atoms with Gasteiger partial charge in [-0.1, -0.05) is 72.8 Å². The Morgan fingerprint density at radius 2 is 1.78 bits per heavy atom. The van der Waals surface area contributed by atoms with Gasteiger partial charge in [0.05, 0.1) is 0 Å². The molecule has 0 aliphatic carbocycles. The van der Waals surface area contributed by atoms with Crippen molar-refractivity contribution in [3.63, 3.8) is 0 Å². The lowest BCUT2D eigenvalue weighted by molar-refractivity contribution is -0.111. The first kappa shape index (κ1) is 21.1. The summed E-state index contributed by atoms with van der Waals surface area (Å²) in [4.78, 5) is 13.9. The van der Waals surface area contributed by atoms with E-state index in [4.69, 9.17) is 0 Å². The Bertz CT molecular complexity index is 1200. The number of aryl methyl sites for hydroxylation is 1. The summed E-state index contributed by atoms with van der Waals surface area (Å²) in [7, 11) is 0. The molecule has 0 spiro atoms. The number of nitrogens with one attached hydrogen (secondary N) is 2. The molecule has 4 aromatic rings. The third kappa shape index (κ3) is 5.32. The highest BCUT2D eigenvalue weighted by Gasteiger charge is 2.15. The molecule has 4 rings (SSSR count). The van der Waals surface area contributed by atoms with Gasteiger partial charge in [-0.25, -0.2) is 0 Å². The standard InChI is InChI=1S/C27H26N4O/c1-3-27(32)28-23-10-7-11-25(17-23)31(19-22-8-5-4-6-9-22)26-18-24(29-30-26)16-21-14-12-20(2)13-15-21/h3-15,17-18H,1,16,19H2,2H3,(H,28,32)(H,29,30). The molecule has 0 saturated heterocycles. The van der Waals surface area contributed by atoms with Crippen LogP contribution in [0.2, 0.25) is 0 Å². The molecule has 1 aromatic heterocycles. The second kappa shape index (κ2) is 9.79. The zero-order valence-electron chi connectivity index (χ0n) is 18.1. The molecule has 0 saturated carbocycles. The first-order chi connectivity index (χ1) is 15.6. The van der Waals surface area contributed by atoms with Crippen LogP contribution in [0.15, 0.2) is 97.6 Å². The van der Waals surface area contributed by atoms with Gasteiger partial charge in [0.25, 0.3) is 0 Å². The van der Waals surface area contributed by atoms with Crippen LogP contribution in [0.3, 0.4) is 0 Å². The van der Waals surface area contributed by atoms with Crippen LogP contribution in [0.4, 0.5) is 17.2 Å². The molecule has 1 heterocycles. The van der Waals surface area contributed by atoms with Crippen molar-refractivity contribution in [2.24, 2.45) is 0 Å². The van der Waals surface area contributed by atoms with Crippen LogP contribution in [0.1, 0.15) is 22.4 Å². The first-order valence-corrected chi connectivity index (χ1v) is 10.6. The van der Waals surface area contributed by atoms with Crippen LogP contribution >= 0.6 is 0 Å². The number of hydrogen-bond donors (Lipinski definition) is 2. The zero-order chi connectivity index (χ0) is 22.3. The maximum atomic E-state index is 11.8. The van der Waals surface area contributed by atoms with Gasteiger partial charge in [-0.2, -0.15) is 5.10 Å². The van der Waals surface area contributed by atoms with Gasteiger partial charge in [-0.3, -0.25) is 9.89 Å². The Morgan fingerprint density at radius 3 is 2.53 bits per heavy atom. The lowest BCUT2D eigenvalue weighted by Crippen LogP contribution is -2.17. The molecule has 0 fully saturated rings. The van der Waals surface area contributed by atoms with Gasteiger partial charge in [0.1, 0.15) is 0 Å². The average molecular weight is 423 g/mol. The normalized spacial score (nSPS) is 10.5. The summed E-state index contributed by atoms with van der Waals surface area (Å²) < 4.78 is 0. The van der Waals surface area contributed by atoms with Crippen molar-refractivity contribution in [1.29, 1.82) is 0 Å². The van der Waals surface area contributed by atoms with E-state index in [0.29, 0.717) is 12.2 Å². The van der Waals surface area contributed by atoms with Gasteiger partial charge >= 0.3 is 0 Å². The van der Waals surface area contributed by atoms with Gasteiger partial charge in [0.15, 0.2) is 5.82 Å². The van der Waals surface area contributed by atoms with E-state index in [-0.39, 0.29) is 5.91 Å². The molecule has 5 heteroatoms. The second-order valence-corrected chi connectivity index (χ2v) is 7.73. The molecule has 32 heavy (non-hydrogen) atoms. The van der Waals surface area contributed by atoms with E-state index in [9.17, 15) is 4.79 Å². The number of anilines is 3. The minimum Gasteiger partial charge on any atom is -0.322 e. The molecule has 0 bridgehead atoms. The predicted octanol–water partition coefficient (Wildman–Crippen LogP) is 5.77. The van der Waals surface area contributed by atoms with E-state index in [2.05, 4.69) is 76.4 Å². The van der Waals surface area contributed by atoms with Crippen LogP contribution in [-0.2, 0) is 17.8 Å². The van der Waals surface area contributed by atoms with Crippen molar-refractivity contribution in [1.82, 2.24) is 10.2 Å². The average Bonchev–Trinajstić information content (AvgIpc) is 3.28. The Hall–Kier alpha value is -4.12. The number of carbonyl (C=O) groups is 1. The number of rotatable bonds is 8. The van der Waals surface area contributed by atoms with Crippen molar-refractivity contribution >= 4 is 23.1 Å². The summed E-state index contributed by atoms with van der Waals surface area (Å²) in [6, 6.07) is 28.6. The molecule has 1 amide bonds. The summed E-state index contributed by atoms with van der Waals surface area (Å²) in [6.07, 6.45) is 2.04. The molecule has 0 atom stereocenters. The minimum atomic E-state index is -0.239. The monoisotopic (exact) mass is 422 g/mol. The van der Waals surface area contributed by atoms with Gasteiger partial charge in [0, 0.05) is 36.1 Å². The lowest BCUT2D eigenvalue weighted by atomic mass is 10.1. The number of H-pyrrole nitrogens is 1. The molecule has 0 aliphatic heterocycles. The number of carbonyl (C=O) groups excluding carboxylic acids is 1. The Kier molecular flexibility index (Phi) is 6.46. The fourth-order valence-electron chi connectivity index (χ4n) is 3.52. The topological polar surface area (TPSA) is 61.0 Å². The van der Waals surface area contributed by atoms with Crippen LogP contribution in [0, 0.1) is 6.92 Å². The second-order valence-electron chi connectivity index (χ2n) is 7.73. The molecule has 2 N–H and O–H groups in total. The maximum Gasteiger partial charge on any atom is 0.247 e.